The van der Waals surface area contributed by atoms with Gasteiger partial charge in [-0.2, -0.15) is 0 Å². The quantitative estimate of drug-likeness (QED) is 0.752. The number of hydrogen-bond donors (Lipinski definition) is 1. The first-order valence-corrected chi connectivity index (χ1v) is 7.41. The summed E-state index contributed by atoms with van der Waals surface area (Å²) in [5.41, 5.74) is 0.930. The first kappa shape index (κ1) is 16.7. The minimum absolute atomic E-state index is 0.0863. The lowest BCUT2D eigenvalue weighted by Gasteiger charge is -2.26. The number of anilines is 1. The molecule has 0 aliphatic rings. The highest BCUT2D eigenvalue weighted by Crippen LogP contribution is 2.13. The summed E-state index contributed by atoms with van der Waals surface area (Å²) in [6, 6.07) is 9.72. The van der Waals surface area contributed by atoms with E-state index in [2.05, 4.69) is 6.92 Å². The fourth-order valence-corrected chi connectivity index (χ4v) is 2.18. The van der Waals surface area contributed by atoms with Crippen LogP contribution in [-0.2, 0) is 4.79 Å². The van der Waals surface area contributed by atoms with Crippen LogP contribution in [0.5, 0.6) is 0 Å². The Kier molecular flexibility index (Phi) is 7.92. The smallest absolute Gasteiger partial charge is 0.241 e. The van der Waals surface area contributed by atoms with Crippen molar-refractivity contribution in [2.45, 2.75) is 26.7 Å². The Bertz CT molecular complexity index is 381. The van der Waals surface area contributed by atoms with Crippen molar-refractivity contribution in [1.82, 2.24) is 4.90 Å². The van der Waals surface area contributed by atoms with Gasteiger partial charge in [0, 0.05) is 18.8 Å². The molecule has 1 aromatic rings. The predicted molar refractivity (Wildman–Crippen MR) is 82.9 cm³/mol. The predicted octanol–water partition coefficient (Wildman–Crippen LogP) is 2.13. The Hall–Kier alpha value is -1.39. The highest BCUT2D eigenvalue weighted by atomic mass is 16.3. The third-order valence-corrected chi connectivity index (χ3v) is 3.29. The maximum Gasteiger partial charge on any atom is 0.241 e. The van der Waals surface area contributed by atoms with Crippen molar-refractivity contribution in [3.63, 3.8) is 0 Å². The lowest BCUT2D eigenvalue weighted by Crippen LogP contribution is -2.41. The number of para-hydroxylation sites is 1. The van der Waals surface area contributed by atoms with Gasteiger partial charge in [-0.25, -0.2) is 0 Å². The number of amides is 1. The minimum atomic E-state index is 0.0863. The van der Waals surface area contributed by atoms with Crippen LogP contribution < -0.4 is 4.90 Å². The summed E-state index contributed by atoms with van der Waals surface area (Å²) in [6.07, 6.45) is 2.14. The van der Waals surface area contributed by atoms with Crippen LogP contribution >= 0.6 is 0 Å². The average molecular weight is 278 g/mol. The highest BCUT2D eigenvalue weighted by Gasteiger charge is 2.17. The first-order chi connectivity index (χ1) is 9.72. The van der Waals surface area contributed by atoms with E-state index in [1.165, 1.54) is 0 Å². The van der Waals surface area contributed by atoms with Crippen LogP contribution in [0.25, 0.3) is 0 Å². The van der Waals surface area contributed by atoms with Gasteiger partial charge in [-0.1, -0.05) is 31.5 Å². The van der Waals surface area contributed by atoms with Crippen LogP contribution in [-0.4, -0.2) is 48.7 Å². The number of aliphatic hydroxyl groups excluding tert-OH is 1. The number of benzene rings is 1. The van der Waals surface area contributed by atoms with Crippen LogP contribution in [0.15, 0.2) is 30.3 Å². The second kappa shape index (κ2) is 9.50. The van der Waals surface area contributed by atoms with Crippen LogP contribution in [0.3, 0.4) is 0 Å². The molecule has 1 N–H and O–H groups in total. The molecule has 0 saturated heterocycles. The fourth-order valence-electron chi connectivity index (χ4n) is 2.18. The van der Waals surface area contributed by atoms with Gasteiger partial charge in [0.15, 0.2) is 0 Å². The van der Waals surface area contributed by atoms with E-state index in [0.29, 0.717) is 19.6 Å². The summed E-state index contributed by atoms with van der Waals surface area (Å²) in [5.74, 6) is 0.0863. The molecule has 20 heavy (non-hydrogen) atoms. The zero-order valence-corrected chi connectivity index (χ0v) is 12.6. The SMILES string of the molecule is CCCCN(CCO)CC(=O)N(CC)c1ccccc1. The lowest BCUT2D eigenvalue weighted by molar-refractivity contribution is -0.119. The van der Waals surface area contributed by atoms with Crippen LogP contribution in [0, 0.1) is 0 Å². The number of likely N-dealkylation sites (N-methyl/N-ethyl adjacent to an activating group) is 1. The van der Waals surface area contributed by atoms with Gasteiger partial charge in [-0.05, 0) is 32.0 Å². The number of carbonyl (C=O) groups excluding carboxylic acids is 1. The molecule has 0 aromatic heterocycles. The van der Waals surface area contributed by atoms with E-state index >= 15 is 0 Å². The maximum absolute atomic E-state index is 12.4. The molecule has 4 nitrogen and oxygen atoms in total. The first-order valence-electron chi connectivity index (χ1n) is 7.41. The molecule has 0 unspecified atom stereocenters. The van der Waals surface area contributed by atoms with Crippen molar-refractivity contribution in [3.8, 4) is 0 Å². The monoisotopic (exact) mass is 278 g/mol. The number of rotatable bonds is 9. The van der Waals surface area contributed by atoms with E-state index in [9.17, 15) is 4.79 Å². The van der Waals surface area contributed by atoms with Crippen molar-refractivity contribution in [2.24, 2.45) is 0 Å². The number of hydrogen-bond acceptors (Lipinski definition) is 3. The number of unbranched alkanes of at least 4 members (excludes halogenated alkanes) is 1. The second-order valence-electron chi connectivity index (χ2n) is 4.83. The van der Waals surface area contributed by atoms with Crippen LogP contribution in [0.2, 0.25) is 0 Å². The van der Waals surface area contributed by atoms with Gasteiger partial charge in [0.2, 0.25) is 5.91 Å². The zero-order chi connectivity index (χ0) is 14.8. The lowest BCUT2D eigenvalue weighted by atomic mass is 10.2. The van der Waals surface area contributed by atoms with Crippen molar-refractivity contribution in [1.29, 1.82) is 0 Å². The summed E-state index contributed by atoms with van der Waals surface area (Å²) < 4.78 is 0. The molecule has 0 fully saturated rings. The molecule has 4 heteroatoms. The maximum atomic E-state index is 12.4. The number of aliphatic hydroxyl groups is 1. The number of carbonyl (C=O) groups is 1. The molecule has 0 bridgehead atoms. The Morgan fingerprint density at radius 2 is 1.85 bits per heavy atom. The topological polar surface area (TPSA) is 43.8 Å². The molecule has 1 rings (SSSR count). The van der Waals surface area contributed by atoms with E-state index in [0.717, 1.165) is 25.1 Å². The molecule has 0 heterocycles. The van der Waals surface area contributed by atoms with E-state index in [-0.39, 0.29) is 12.5 Å². The van der Waals surface area contributed by atoms with Gasteiger partial charge in [0.05, 0.1) is 13.2 Å². The van der Waals surface area contributed by atoms with Crippen molar-refractivity contribution >= 4 is 11.6 Å². The Balaban J connectivity index is 2.65. The summed E-state index contributed by atoms with van der Waals surface area (Å²) in [6.45, 7) is 6.63. The zero-order valence-electron chi connectivity index (χ0n) is 12.6. The minimum Gasteiger partial charge on any atom is -0.395 e. The highest BCUT2D eigenvalue weighted by molar-refractivity contribution is 5.94. The normalized spacial score (nSPS) is 10.8. The standard InChI is InChI=1S/C16H26N2O2/c1-3-5-11-17(12-13-19)14-16(20)18(4-2)15-9-7-6-8-10-15/h6-10,19H,3-5,11-14H2,1-2H3. The molecule has 0 aliphatic carbocycles. The number of nitrogens with zero attached hydrogens (tertiary/aromatic N) is 2. The Labute approximate surface area is 122 Å². The molecular formula is C16H26N2O2. The van der Waals surface area contributed by atoms with E-state index in [4.69, 9.17) is 5.11 Å². The van der Waals surface area contributed by atoms with Gasteiger partial charge in [0.25, 0.3) is 0 Å². The molecule has 0 radical (unpaired) electrons. The van der Waals surface area contributed by atoms with E-state index < -0.39 is 0 Å². The Morgan fingerprint density at radius 3 is 2.40 bits per heavy atom. The summed E-state index contributed by atoms with van der Waals surface area (Å²) in [4.78, 5) is 16.2. The molecular weight excluding hydrogens is 252 g/mol. The van der Waals surface area contributed by atoms with Crippen LogP contribution in [0.4, 0.5) is 5.69 Å². The molecule has 1 aromatic carbocycles. The molecule has 1 amide bonds. The summed E-state index contributed by atoms with van der Waals surface area (Å²) in [7, 11) is 0. The van der Waals surface area contributed by atoms with Crippen LogP contribution in [0.1, 0.15) is 26.7 Å². The van der Waals surface area contributed by atoms with Gasteiger partial charge in [-0.15, -0.1) is 0 Å². The fraction of sp³-hybridized carbons (Fsp3) is 0.562. The molecule has 0 spiro atoms. The molecule has 112 valence electrons. The van der Waals surface area contributed by atoms with Crippen molar-refractivity contribution in [2.75, 3.05) is 37.7 Å². The van der Waals surface area contributed by atoms with Crippen molar-refractivity contribution < 1.29 is 9.90 Å². The molecule has 0 atom stereocenters. The summed E-state index contributed by atoms with van der Waals surface area (Å²) in [5, 5.41) is 9.10. The molecule has 0 aliphatic heterocycles. The molecule has 0 saturated carbocycles. The third-order valence-electron chi connectivity index (χ3n) is 3.29. The Morgan fingerprint density at radius 1 is 1.15 bits per heavy atom. The largest absolute Gasteiger partial charge is 0.395 e. The van der Waals surface area contributed by atoms with E-state index in [1.807, 2.05) is 42.2 Å². The van der Waals surface area contributed by atoms with Gasteiger partial charge < -0.3 is 10.0 Å². The second-order valence-corrected chi connectivity index (χ2v) is 4.83. The van der Waals surface area contributed by atoms with Crippen molar-refractivity contribution in [3.05, 3.63) is 30.3 Å². The van der Waals surface area contributed by atoms with E-state index in [1.54, 1.807) is 4.90 Å². The average Bonchev–Trinajstić information content (AvgIpc) is 2.47. The third kappa shape index (κ3) is 5.31. The van der Waals surface area contributed by atoms with Gasteiger partial charge in [0.1, 0.15) is 0 Å². The van der Waals surface area contributed by atoms with Gasteiger partial charge in [-0.3, -0.25) is 9.69 Å². The summed E-state index contributed by atoms with van der Waals surface area (Å²) >= 11 is 0. The van der Waals surface area contributed by atoms with Gasteiger partial charge >= 0.3 is 0 Å².